The van der Waals surface area contributed by atoms with Crippen molar-refractivity contribution < 1.29 is 0 Å². The third-order valence-corrected chi connectivity index (χ3v) is 3.56. The molecule has 2 aliphatic rings. The molecule has 88 valence electrons. The summed E-state index contributed by atoms with van der Waals surface area (Å²) in [4.78, 5) is 0. The summed E-state index contributed by atoms with van der Waals surface area (Å²) in [6.45, 7) is 8.83. The molecule has 2 heterocycles. The molecule has 4 heteroatoms. The van der Waals surface area contributed by atoms with Crippen molar-refractivity contribution in [1.82, 2.24) is 20.1 Å². The van der Waals surface area contributed by atoms with Gasteiger partial charge in [0.1, 0.15) is 5.82 Å². The number of hydrogen-bond acceptors (Lipinski definition) is 3. The lowest BCUT2D eigenvalue weighted by molar-refractivity contribution is 0.232. The SMILES string of the molecule is CC(C)(C)C1NCCn2c(C3CC3)nnc21. The Balaban J connectivity index is 1.99. The van der Waals surface area contributed by atoms with Crippen LogP contribution in [0.2, 0.25) is 0 Å². The monoisotopic (exact) mass is 220 g/mol. The second-order valence-corrected chi connectivity index (χ2v) is 6.10. The Bertz CT molecular complexity index is 398. The van der Waals surface area contributed by atoms with E-state index in [2.05, 4.69) is 40.9 Å². The molecule has 0 radical (unpaired) electrons. The van der Waals surface area contributed by atoms with Gasteiger partial charge in [-0.3, -0.25) is 0 Å². The van der Waals surface area contributed by atoms with Crippen molar-refractivity contribution in [2.45, 2.75) is 52.1 Å². The van der Waals surface area contributed by atoms with Crippen molar-refractivity contribution in [3.8, 4) is 0 Å². The van der Waals surface area contributed by atoms with Crippen LogP contribution in [0.3, 0.4) is 0 Å². The minimum Gasteiger partial charge on any atom is -0.312 e. The van der Waals surface area contributed by atoms with E-state index in [9.17, 15) is 0 Å². The third kappa shape index (κ3) is 1.56. The van der Waals surface area contributed by atoms with Crippen molar-refractivity contribution in [3.05, 3.63) is 11.6 Å². The number of fused-ring (bicyclic) bond motifs is 1. The highest BCUT2D eigenvalue weighted by atomic mass is 15.3. The highest BCUT2D eigenvalue weighted by Gasteiger charge is 2.37. The molecule has 1 aromatic rings. The smallest absolute Gasteiger partial charge is 0.150 e. The van der Waals surface area contributed by atoms with Crippen molar-refractivity contribution in [3.63, 3.8) is 0 Å². The zero-order valence-corrected chi connectivity index (χ0v) is 10.3. The summed E-state index contributed by atoms with van der Waals surface area (Å²) >= 11 is 0. The third-order valence-electron chi connectivity index (χ3n) is 3.56. The summed E-state index contributed by atoms with van der Waals surface area (Å²) in [5, 5.41) is 12.4. The van der Waals surface area contributed by atoms with E-state index < -0.39 is 0 Å². The molecule has 1 N–H and O–H groups in total. The fourth-order valence-corrected chi connectivity index (χ4v) is 2.52. The molecule has 1 atom stereocenters. The maximum atomic E-state index is 4.42. The lowest BCUT2D eigenvalue weighted by atomic mass is 9.85. The summed E-state index contributed by atoms with van der Waals surface area (Å²) < 4.78 is 2.35. The van der Waals surface area contributed by atoms with E-state index in [-0.39, 0.29) is 5.41 Å². The van der Waals surface area contributed by atoms with Crippen LogP contribution in [-0.2, 0) is 6.54 Å². The normalized spacial score (nSPS) is 25.6. The van der Waals surface area contributed by atoms with Gasteiger partial charge >= 0.3 is 0 Å². The summed E-state index contributed by atoms with van der Waals surface area (Å²) in [6, 6.07) is 0.334. The van der Waals surface area contributed by atoms with Gasteiger partial charge in [-0.25, -0.2) is 0 Å². The van der Waals surface area contributed by atoms with Gasteiger partial charge in [0.05, 0.1) is 6.04 Å². The Hall–Kier alpha value is -0.900. The van der Waals surface area contributed by atoms with Gasteiger partial charge in [-0.15, -0.1) is 10.2 Å². The minimum absolute atomic E-state index is 0.200. The van der Waals surface area contributed by atoms with E-state index in [0.29, 0.717) is 12.0 Å². The molecule has 1 aromatic heterocycles. The van der Waals surface area contributed by atoms with Gasteiger partial charge in [0, 0.05) is 19.0 Å². The first-order valence-corrected chi connectivity index (χ1v) is 6.24. The Labute approximate surface area is 96.4 Å². The number of nitrogens with one attached hydrogen (secondary N) is 1. The number of hydrogen-bond donors (Lipinski definition) is 1. The number of aromatic nitrogens is 3. The van der Waals surface area contributed by atoms with E-state index in [1.807, 2.05) is 0 Å². The Morgan fingerprint density at radius 3 is 2.50 bits per heavy atom. The van der Waals surface area contributed by atoms with Crippen LogP contribution in [0.1, 0.15) is 57.2 Å². The molecule has 0 aromatic carbocycles. The van der Waals surface area contributed by atoms with Gasteiger partial charge in [0.25, 0.3) is 0 Å². The zero-order chi connectivity index (χ0) is 11.3. The van der Waals surface area contributed by atoms with E-state index in [0.717, 1.165) is 18.9 Å². The minimum atomic E-state index is 0.200. The van der Waals surface area contributed by atoms with Gasteiger partial charge in [-0.05, 0) is 18.3 Å². The first kappa shape index (κ1) is 10.3. The van der Waals surface area contributed by atoms with Crippen LogP contribution in [0, 0.1) is 5.41 Å². The summed E-state index contributed by atoms with van der Waals surface area (Å²) in [7, 11) is 0. The lowest BCUT2D eigenvalue weighted by Gasteiger charge is -2.34. The van der Waals surface area contributed by atoms with Gasteiger partial charge in [0.15, 0.2) is 5.82 Å². The molecule has 0 bridgehead atoms. The van der Waals surface area contributed by atoms with Crippen LogP contribution in [-0.4, -0.2) is 21.3 Å². The Morgan fingerprint density at radius 1 is 1.19 bits per heavy atom. The summed E-state index contributed by atoms with van der Waals surface area (Å²) in [5.74, 6) is 3.06. The fraction of sp³-hybridized carbons (Fsp3) is 0.833. The molecular formula is C12H20N4. The molecule has 3 rings (SSSR count). The van der Waals surface area contributed by atoms with E-state index in [4.69, 9.17) is 0 Å². The average molecular weight is 220 g/mol. The van der Waals surface area contributed by atoms with Gasteiger partial charge < -0.3 is 9.88 Å². The molecule has 1 aliphatic heterocycles. The maximum Gasteiger partial charge on any atom is 0.150 e. The van der Waals surface area contributed by atoms with Gasteiger partial charge in [-0.1, -0.05) is 20.8 Å². The fourth-order valence-electron chi connectivity index (χ4n) is 2.52. The quantitative estimate of drug-likeness (QED) is 0.785. The first-order chi connectivity index (χ1) is 7.57. The standard InChI is InChI=1S/C12H20N4/c1-12(2,3)9-11-15-14-10(8-4-5-8)16(11)7-6-13-9/h8-9,13H,4-7H2,1-3H3. The van der Waals surface area contributed by atoms with Crippen molar-refractivity contribution in [1.29, 1.82) is 0 Å². The highest BCUT2D eigenvalue weighted by Crippen LogP contribution is 2.41. The lowest BCUT2D eigenvalue weighted by Crippen LogP contribution is -2.40. The summed E-state index contributed by atoms with van der Waals surface area (Å²) in [6.07, 6.45) is 2.59. The molecular weight excluding hydrogens is 200 g/mol. The zero-order valence-electron chi connectivity index (χ0n) is 10.3. The molecule has 1 saturated carbocycles. The van der Waals surface area contributed by atoms with Crippen LogP contribution in [0.15, 0.2) is 0 Å². The second kappa shape index (κ2) is 3.29. The predicted molar refractivity (Wildman–Crippen MR) is 62.2 cm³/mol. The largest absolute Gasteiger partial charge is 0.312 e. The number of rotatable bonds is 1. The second-order valence-electron chi connectivity index (χ2n) is 6.10. The molecule has 1 fully saturated rings. The molecule has 16 heavy (non-hydrogen) atoms. The van der Waals surface area contributed by atoms with Crippen LogP contribution < -0.4 is 5.32 Å². The van der Waals surface area contributed by atoms with E-state index in [1.165, 1.54) is 18.7 Å². The molecule has 0 spiro atoms. The van der Waals surface area contributed by atoms with Gasteiger partial charge in [-0.2, -0.15) is 0 Å². The van der Waals surface area contributed by atoms with Crippen LogP contribution in [0.4, 0.5) is 0 Å². The van der Waals surface area contributed by atoms with Crippen molar-refractivity contribution in [2.75, 3.05) is 6.54 Å². The average Bonchev–Trinajstić information content (AvgIpc) is 2.96. The molecule has 0 amide bonds. The van der Waals surface area contributed by atoms with E-state index >= 15 is 0 Å². The topological polar surface area (TPSA) is 42.7 Å². The first-order valence-electron chi connectivity index (χ1n) is 6.24. The molecule has 0 saturated heterocycles. The van der Waals surface area contributed by atoms with Crippen LogP contribution >= 0.6 is 0 Å². The molecule has 1 unspecified atom stereocenters. The van der Waals surface area contributed by atoms with Crippen LogP contribution in [0.5, 0.6) is 0 Å². The maximum absolute atomic E-state index is 4.42. The van der Waals surface area contributed by atoms with E-state index in [1.54, 1.807) is 0 Å². The van der Waals surface area contributed by atoms with Gasteiger partial charge in [0.2, 0.25) is 0 Å². The Morgan fingerprint density at radius 2 is 1.88 bits per heavy atom. The van der Waals surface area contributed by atoms with Crippen LogP contribution in [0.25, 0.3) is 0 Å². The Kier molecular flexibility index (Phi) is 2.11. The highest BCUT2D eigenvalue weighted by molar-refractivity contribution is 5.13. The summed E-state index contributed by atoms with van der Waals surface area (Å²) in [5.41, 5.74) is 0.200. The molecule has 4 nitrogen and oxygen atoms in total. The predicted octanol–water partition coefficient (Wildman–Crippen LogP) is 1.85. The van der Waals surface area contributed by atoms with Crippen molar-refractivity contribution >= 4 is 0 Å². The number of nitrogens with zero attached hydrogens (tertiary/aromatic N) is 3. The van der Waals surface area contributed by atoms with Crippen molar-refractivity contribution in [2.24, 2.45) is 5.41 Å². The molecule has 1 aliphatic carbocycles.